The van der Waals surface area contributed by atoms with Gasteiger partial charge in [-0.25, -0.2) is 0 Å². The molecule has 4 nitrogen and oxygen atoms in total. The lowest BCUT2D eigenvalue weighted by atomic mass is 10.1. The molecule has 84 valence electrons. The molecule has 2 rings (SSSR count). The van der Waals surface area contributed by atoms with Crippen molar-refractivity contribution in [3.8, 4) is 0 Å². The highest BCUT2D eigenvalue weighted by Crippen LogP contribution is 2.31. The highest BCUT2D eigenvalue weighted by molar-refractivity contribution is 5.42. The van der Waals surface area contributed by atoms with Gasteiger partial charge in [-0.1, -0.05) is 0 Å². The molecule has 1 atom stereocenters. The summed E-state index contributed by atoms with van der Waals surface area (Å²) in [5.41, 5.74) is 7.58. The van der Waals surface area contributed by atoms with Gasteiger partial charge in [0.1, 0.15) is 11.8 Å². The van der Waals surface area contributed by atoms with Gasteiger partial charge in [0.15, 0.2) is 0 Å². The van der Waals surface area contributed by atoms with E-state index in [2.05, 4.69) is 25.9 Å². The molecule has 0 saturated carbocycles. The van der Waals surface area contributed by atoms with E-state index in [0.717, 1.165) is 30.8 Å². The number of hydrogen-bond donors (Lipinski definition) is 1. The number of nitrogens with zero attached hydrogens (tertiary/aromatic N) is 2. The second-order valence-electron chi connectivity index (χ2n) is 5.09. The zero-order valence-corrected chi connectivity index (χ0v) is 9.66. The molecule has 1 saturated heterocycles. The minimum Gasteiger partial charge on any atom is -0.396 e. The summed E-state index contributed by atoms with van der Waals surface area (Å²) in [6.07, 6.45) is 4.14. The van der Waals surface area contributed by atoms with Crippen LogP contribution in [0.5, 0.6) is 0 Å². The van der Waals surface area contributed by atoms with Crippen molar-refractivity contribution in [2.75, 3.05) is 12.3 Å². The van der Waals surface area contributed by atoms with Crippen LogP contribution in [0.15, 0.2) is 6.20 Å². The Kier molecular flexibility index (Phi) is 2.46. The lowest BCUT2D eigenvalue weighted by molar-refractivity contribution is 0.108. The second kappa shape index (κ2) is 3.52. The molecule has 1 aromatic rings. The van der Waals surface area contributed by atoms with Crippen molar-refractivity contribution in [2.45, 2.75) is 45.3 Å². The molecule has 1 aliphatic rings. The summed E-state index contributed by atoms with van der Waals surface area (Å²) in [4.78, 5) is 0. The Labute approximate surface area is 90.4 Å². The number of aromatic nitrogens is 2. The highest BCUT2D eigenvalue weighted by atomic mass is 16.5. The van der Waals surface area contributed by atoms with Gasteiger partial charge in [0.05, 0.1) is 11.2 Å². The molecule has 15 heavy (non-hydrogen) atoms. The Hall–Kier alpha value is -1.03. The molecule has 0 aromatic carbocycles. The van der Waals surface area contributed by atoms with Crippen molar-refractivity contribution in [1.82, 2.24) is 9.78 Å². The molecule has 2 N–H and O–H groups in total. The summed E-state index contributed by atoms with van der Waals surface area (Å²) in [5.74, 6) is 0. The number of rotatable bonds is 1. The number of ether oxygens (including phenoxy) is 1. The molecule has 1 unspecified atom stereocenters. The van der Waals surface area contributed by atoms with Gasteiger partial charge in [0, 0.05) is 12.8 Å². The van der Waals surface area contributed by atoms with Gasteiger partial charge in [-0.05, 0) is 33.6 Å². The minimum atomic E-state index is -0.0228. The maximum atomic E-state index is 5.95. The smallest absolute Gasteiger partial charge is 0.114 e. The van der Waals surface area contributed by atoms with E-state index in [-0.39, 0.29) is 11.6 Å². The third-order valence-corrected chi connectivity index (χ3v) is 2.69. The molecule has 0 spiro atoms. The van der Waals surface area contributed by atoms with Gasteiger partial charge in [0.25, 0.3) is 0 Å². The van der Waals surface area contributed by atoms with Crippen LogP contribution in [0.25, 0.3) is 0 Å². The molecule has 1 fully saturated rings. The molecule has 0 amide bonds. The molecule has 1 aliphatic heterocycles. The quantitative estimate of drug-likeness (QED) is 0.770. The van der Waals surface area contributed by atoms with Gasteiger partial charge in [0.2, 0.25) is 0 Å². The van der Waals surface area contributed by atoms with Crippen LogP contribution in [-0.2, 0) is 10.3 Å². The van der Waals surface area contributed by atoms with Crippen molar-refractivity contribution >= 4 is 5.69 Å². The fourth-order valence-electron chi connectivity index (χ4n) is 1.79. The van der Waals surface area contributed by atoms with Gasteiger partial charge in [-0.3, -0.25) is 4.68 Å². The summed E-state index contributed by atoms with van der Waals surface area (Å²) < 4.78 is 7.51. The Bertz CT molecular complexity index is 345. The predicted molar refractivity (Wildman–Crippen MR) is 59.6 cm³/mol. The zero-order chi connectivity index (χ0) is 11.1. The first-order chi connectivity index (χ1) is 6.98. The summed E-state index contributed by atoms with van der Waals surface area (Å²) in [6.45, 7) is 7.16. The summed E-state index contributed by atoms with van der Waals surface area (Å²) in [6, 6.07) is 0. The lowest BCUT2D eigenvalue weighted by Crippen LogP contribution is -2.22. The Morgan fingerprint density at radius 3 is 2.73 bits per heavy atom. The van der Waals surface area contributed by atoms with E-state index in [1.165, 1.54) is 0 Å². The topological polar surface area (TPSA) is 53.1 Å². The lowest BCUT2D eigenvalue weighted by Gasteiger charge is -2.19. The summed E-state index contributed by atoms with van der Waals surface area (Å²) >= 11 is 0. The van der Waals surface area contributed by atoms with E-state index in [9.17, 15) is 0 Å². The number of nitrogen functional groups attached to an aromatic ring is 1. The molecule has 4 heteroatoms. The molecular weight excluding hydrogens is 190 g/mol. The zero-order valence-electron chi connectivity index (χ0n) is 9.66. The van der Waals surface area contributed by atoms with E-state index in [4.69, 9.17) is 10.5 Å². The van der Waals surface area contributed by atoms with Crippen LogP contribution in [0.4, 0.5) is 5.69 Å². The monoisotopic (exact) mass is 209 g/mol. The maximum Gasteiger partial charge on any atom is 0.114 e. The third-order valence-electron chi connectivity index (χ3n) is 2.69. The normalized spacial score (nSPS) is 22.2. The molecule has 0 aliphatic carbocycles. The third kappa shape index (κ3) is 2.00. The van der Waals surface area contributed by atoms with Crippen LogP contribution in [0, 0.1) is 0 Å². The van der Waals surface area contributed by atoms with Crippen LogP contribution in [0.2, 0.25) is 0 Å². The van der Waals surface area contributed by atoms with E-state index in [1.807, 2.05) is 10.9 Å². The maximum absolute atomic E-state index is 5.95. The number of hydrogen-bond acceptors (Lipinski definition) is 3. The minimum absolute atomic E-state index is 0.0228. The SMILES string of the molecule is CC(C)(C)n1cc(N)c(C2CCCO2)n1. The fourth-order valence-corrected chi connectivity index (χ4v) is 1.79. The number of nitrogens with two attached hydrogens (primary N) is 1. The van der Waals surface area contributed by atoms with Crippen LogP contribution >= 0.6 is 0 Å². The van der Waals surface area contributed by atoms with Crippen molar-refractivity contribution in [2.24, 2.45) is 0 Å². The first-order valence-corrected chi connectivity index (χ1v) is 5.45. The van der Waals surface area contributed by atoms with E-state index < -0.39 is 0 Å². The van der Waals surface area contributed by atoms with Crippen LogP contribution in [-0.4, -0.2) is 16.4 Å². The molecule has 0 radical (unpaired) electrons. The van der Waals surface area contributed by atoms with E-state index >= 15 is 0 Å². The van der Waals surface area contributed by atoms with Crippen LogP contribution in [0.3, 0.4) is 0 Å². The summed E-state index contributed by atoms with van der Waals surface area (Å²) in [7, 11) is 0. The molecular formula is C11H19N3O. The van der Waals surface area contributed by atoms with Crippen molar-refractivity contribution in [1.29, 1.82) is 0 Å². The first-order valence-electron chi connectivity index (χ1n) is 5.45. The largest absolute Gasteiger partial charge is 0.396 e. The standard InChI is InChI=1S/C11H19N3O/c1-11(2,3)14-7-8(12)10(13-14)9-5-4-6-15-9/h7,9H,4-6,12H2,1-3H3. The van der Waals surface area contributed by atoms with E-state index in [1.54, 1.807) is 0 Å². The van der Waals surface area contributed by atoms with Gasteiger partial charge < -0.3 is 10.5 Å². The van der Waals surface area contributed by atoms with Gasteiger partial charge >= 0.3 is 0 Å². The Morgan fingerprint density at radius 1 is 1.53 bits per heavy atom. The summed E-state index contributed by atoms with van der Waals surface area (Å²) in [5, 5.41) is 4.53. The van der Waals surface area contributed by atoms with E-state index in [0.29, 0.717) is 0 Å². The van der Waals surface area contributed by atoms with Crippen molar-refractivity contribution < 1.29 is 4.74 Å². The fraction of sp³-hybridized carbons (Fsp3) is 0.727. The van der Waals surface area contributed by atoms with Crippen molar-refractivity contribution in [3.05, 3.63) is 11.9 Å². The second-order valence-corrected chi connectivity index (χ2v) is 5.09. The first kappa shape index (κ1) is 10.5. The Balaban J connectivity index is 2.29. The molecule has 0 bridgehead atoms. The predicted octanol–water partition coefficient (Wildman–Crippen LogP) is 2.07. The van der Waals surface area contributed by atoms with Crippen LogP contribution in [0.1, 0.15) is 45.4 Å². The van der Waals surface area contributed by atoms with Crippen LogP contribution < -0.4 is 5.73 Å². The van der Waals surface area contributed by atoms with Crippen molar-refractivity contribution in [3.63, 3.8) is 0 Å². The average molecular weight is 209 g/mol. The average Bonchev–Trinajstić information content (AvgIpc) is 2.69. The molecule has 2 heterocycles. The van der Waals surface area contributed by atoms with Gasteiger partial charge in [-0.2, -0.15) is 5.10 Å². The highest BCUT2D eigenvalue weighted by Gasteiger charge is 2.25. The Morgan fingerprint density at radius 2 is 2.27 bits per heavy atom. The number of anilines is 1. The van der Waals surface area contributed by atoms with Gasteiger partial charge in [-0.15, -0.1) is 0 Å². The molecule has 1 aromatic heterocycles.